The molecular formula is C44H64N5O13S2+. The van der Waals surface area contributed by atoms with Gasteiger partial charge in [0.15, 0.2) is 12.3 Å². The van der Waals surface area contributed by atoms with Gasteiger partial charge in [-0.05, 0) is 82.0 Å². The van der Waals surface area contributed by atoms with E-state index in [2.05, 4.69) is 56.8 Å². The molecule has 1 unspecified atom stereocenters. The van der Waals surface area contributed by atoms with Crippen LogP contribution in [-0.2, 0) is 63.7 Å². The third kappa shape index (κ3) is 14.7. The summed E-state index contributed by atoms with van der Waals surface area (Å²) in [7, 11) is -1.26. The van der Waals surface area contributed by atoms with Crippen LogP contribution in [0.4, 0.5) is 11.4 Å². The quantitative estimate of drug-likeness (QED) is 0.0133. The Balaban J connectivity index is 1.61. The van der Waals surface area contributed by atoms with Crippen molar-refractivity contribution in [1.29, 1.82) is 0 Å². The lowest BCUT2D eigenvalue weighted by molar-refractivity contribution is -0.442. The molecule has 354 valence electrons. The second-order valence-corrected chi connectivity index (χ2v) is 18.0. The Morgan fingerprint density at radius 2 is 1.59 bits per heavy atom. The van der Waals surface area contributed by atoms with Crippen LogP contribution in [0.25, 0.3) is 0 Å². The minimum Gasteiger partial charge on any atom is -0.382 e. The molecule has 2 heterocycles. The van der Waals surface area contributed by atoms with E-state index < -0.39 is 20.9 Å². The highest BCUT2D eigenvalue weighted by Crippen LogP contribution is 2.51. The maximum Gasteiger partial charge on any atom is 0.294 e. The van der Waals surface area contributed by atoms with E-state index >= 15 is 0 Å². The highest BCUT2D eigenvalue weighted by atomic mass is 32.2. The van der Waals surface area contributed by atoms with Gasteiger partial charge in [0.05, 0.1) is 48.8 Å². The van der Waals surface area contributed by atoms with Gasteiger partial charge in [-0.1, -0.05) is 29.7 Å². The molecular weight excluding hydrogens is 871 g/mol. The first kappa shape index (κ1) is 52.6. The number of amides is 2. The van der Waals surface area contributed by atoms with Crippen molar-refractivity contribution in [2.45, 2.75) is 73.5 Å². The summed E-state index contributed by atoms with van der Waals surface area (Å²) in [6.45, 7) is 10.4. The molecule has 0 spiro atoms. The Bertz CT molecular complexity index is 2090. The third-order valence-electron chi connectivity index (χ3n) is 11.1. The fourth-order valence-electron chi connectivity index (χ4n) is 7.83. The van der Waals surface area contributed by atoms with Gasteiger partial charge in [-0.3, -0.25) is 19.0 Å². The number of carbonyl (C=O) groups excluding carboxylic acids is 2. The highest BCUT2D eigenvalue weighted by molar-refractivity contribution is 7.94. The second kappa shape index (κ2) is 26.2. The van der Waals surface area contributed by atoms with Crippen molar-refractivity contribution in [3.05, 3.63) is 83.6 Å². The number of carbonyl (C=O) groups is 2. The van der Waals surface area contributed by atoms with Crippen LogP contribution in [-0.4, -0.2) is 127 Å². The number of methoxy groups -OCH3 is 2. The van der Waals surface area contributed by atoms with E-state index in [-0.39, 0.29) is 36.4 Å². The number of unbranched alkanes of at least 4 members (excludes halogenated alkanes) is 2. The summed E-state index contributed by atoms with van der Waals surface area (Å²) < 4.78 is 63.9. The van der Waals surface area contributed by atoms with Crippen LogP contribution in [0.2, 0.25) is 0 Å². The molecule has 2 amide bonds. The number of nitrogens with zero attached hydrogens (tertiary/aromatic N) is 2. The van der Waals surface area contributed by atoms with Crippen molar-refractivity contribution in [2.24, 2.45) is 5.90 Å². The lowest BCUT2D eigenvalue weighted by Gasteiger charge is -2.30. The number of rotatable bonds is 30. The highest BCUT2D eigenvalue weighted by Gasteiger charge is 2.45. The van der Waals surface area contributed by atoms with Gasteiger partial charge >= 0.3 is 0 Å². The zero-order valence-electron chi connectivity index (χ0n) is 37.3. The molecule has 1 atom stereocenters. The van der Waals surface area contributed by atoms with Crippen LogP contribution in [0, 0.1) is 0 Å². The molecule has 0 aliphatic carbocycles. The van der Waals surface area contributed by atoms with Crippen LogP contribution in [0.3, 0.4) is 0 Å². The van der Waals surface area contributed by atoms with E-state index in [1.807, 2.05) is 42.5 Å². The molecule has 2 aromatic rings. The minimum absolute atomic E-state index is 0.124. The molecule has 0 saturated heterocycles. The predicted octanol–water partition coefficient (Wildman–Crippen LogP) is 4.91. The topological polar surface area (TPSA) is 230 Å². The zero-order valence-corrected chi connectivity index (χ0v) is 39.0. The molecule has 0 fully saturated rings. The minimum atomic E-state index is -4.49. The molecule has 0 bridgehead atoms. The van der Waals surface area contributed by atoms with Crippen molar-refractivity contribution in [2.75, 3.05) is 91.5 Å². The van der Waals surface area contributed by atoms with Gasteiger partial charge in [-0.2, -0.15) is 13.0 Å². The van der Waals surface area contributed by atoms with Crippen LogP contribution in [0.1, 0.15) is 64.0 Å². The van der Waals surface area contributed by atoms with Gasteiger partial charge in [-0.15, -0.1) is 4.33 Å². The molecule has 64 heavy (non-hydrogen) atoms. The van der Waals surface area contributed by atoms with E-state index in [0.29, 0.717) is 72.0 Å². The number of nitrogens with one attached hydrogen (secondary N) is 2. The third-order valence-corrected chi connectivity index (χ3v) is 12.5. The summed E-state index contributed by atoms with van der Waals surface area (Å²) in [5.74, 6) is 4.41. The molecule has 18 nitrogen and oxygen atoms in total. The summed E-state index contributed by atoms with van der Waals surface area (Å²) >= 11 is 0.905. The average Bonchev–Trinajstić information content (AvgIpc) is 3.62. The number of anilines is 1. The molecule has 6 N–H and O–H groups in total. The number of nitrogens with two attached hydrogens (primary N) is 1. The molecule has 0 aromatic heterocycles. The van der Waals surface area contributed by atoms with E-state index in [1.165, 1.54) is 6.07 Å². The molecule has 0 saturated carbocycles. The van der Waals surface area contributed by atoms with Crippen LogP contribution >= 0.6 is 12.0 Å². The van der Waals surface area contributed by atoms with Crippen molar-refractivity contribution in [3.63, 3.8) is 0 Å². The Morgan fingerprint density at radius 1 is 0.875 bits per heavy atom. The van der Waals surface area contributed by atoms with Crippen molar-refractivity contribution in [3.8, 4) is 0 Å². The van der Waals surface area contributed by atoms with Gasteiger partial charge < -0.3 is 34.5 Å². The first-order chi connectivity index (χ1) is 30.7. The monoisotopic (exact) mass is 934 g/mol. The summed E-state index contributed by atoms with van der Waals surface area (Å²) in [6.07, 6.45) is 12.9. The molecule has 2 aromatic carbocycles. The fourth-order valence-corrected chi connectivity index (χ4v) is 8.73. The van der Waals surface area contributed by atoms with Gasteiger partial charge in [0.2, 0.25) is 17.5 Å². The molecule has 2 aliphatic heterocycles. The normalized spacial score (nSPS) is 17.6. The second-order valence-electron chi connectivity index (χ2n) is 15.8. The SMILES string of the molecule is COCCOCC[N+]1=C(/C=C/C=C/C=C2/N(CCCCCC(=O)NCCNC(=O)CON)c3ccc(S(=O)(=O)O)cc3C2(C)CCOCCOC)C(C)(C)c2cc(SOOO)ccc21. The largest absolute Gasteiger partial charge is 0.382 e. The summed E-state index contributed by atoms with van der Waals surface area (Å²) in [5, 5.41) is 18.0. The van der Waals surface area contributed by atoms with Gasteiger partial charge in [-0.25, -0.2) is 11.2 Å². The standard InChI is InChI=1S/C44H63N5O13S2/c1-43(2)35-30-33(63-62-61-52)15-17-37(35)49(23-25-59-29-27-57-5)39(43)12-8-6-9-13-40-44(3,19-24-58-28-26-56-4)36-31-34(64(53,54)55)16-18-38(36)48(40)22-11-7-10-14-41(50)46-20-21-47-42(51)32-60-45/h6,8-9,12-13,15-18,30-31H,7,10-11,14,19-29,32,45H2,1-5H3,(H3-,46,47,50,51,52,53,54,55)/p+1. The van der Waals surface area contributed by atoms with Gasteiger partial charge in [0.25, 0.3) is 10.1 Å². The fraction of sp³-hybridized carbons (Fsp3) is 0.523. The maximum absolute atomic E-state index is 12.5. The van der Waals surface area contributed by atoms with Crippen molar-refractivity contribution in [1.82, 2.24) is 10.6 Å². The number of hydrogen-bond donors (Lipinski definition) is 5. The molecule has 2 aliphatic rings. The molecule has 4 rings (SSSR count). The van der Waals surface area contributed by atoms with Gasteiger partial charge in [0.1, 0.15) is 13.2 Å². The van der Waals surface area contributed by atoms with Crippen molar-refractivity contribution < 1.29 is 65.5 Å². The Labute approximate surface area is 380 Å². The number of allylic oxidation sites excluding steroid dienone is 6. The zero-order chi connectivity index (χ0) is 46.6. The van der Waals surface area contributed by atoms with E-state index in [4.69, 9.17) is 34.4 Å². The maximum atomic E-state index is 12.5. The average molecular weight is 935 g/mol. The Hall–Kier alpha value is -4.03. The number of fused-ring (bicyclic) bond motifs is 2. The van der Waals surface area contributed by atoms with Crippen molar-refractivity contribution >= 4 is 51.1 Å². The summed E-state index contributed by atoms with van der Waals surface area (Å²) in [6, 6.07) is 10.6. The molecule has 0 radical (unpaired) electrons. The van der Waals surface area contributed by atoms with E-state index in [1.54, 1.807) is 26.4 Å². The van der Waals surface area contributed by atoms with Gasteiger partial charge in [0, 0.05) is 86.3 Å². The lowest BCUT2D eigenvalue weighted by atomic mass is 9.78. The van der Waals surface area contributed by atoms with Crippen LogP contribution in [0.15, 0.2) is 82.3 Å². The Morgan fingerprint density at radius 3 is 2.28 bits per heavy atom. The predicted molar refractivity (Wildman–Crippen MR) is 242 cm³/mol. The van der Waals surface area contributed by atoms with Crippen LogP contribution in [0.5, 0.6) is 0 Å². The first-order valence-electron chi connectivity index (χ1n) is 21.1. The smallest absolute Gasteiger partial charge is 0.294 e. The summed E-state index contributed by atoms with van der Waals surface area (Å²) in [5.41, 5.74) is 4.48. The van der Waals surface area contributed by atoms with E-state index in [0.717, 1.165) is 63.7 Å². The number of ether oxygens (including phenoxy) is 4. The van der Waals surface area contributed by atoms with E-state index in [9.17, 15) is 22.6 Å². The Kier molecular flexibility index (Phi) is 21.5. The van der Waals surface area contributed by atoms with Crippen LogP contribution < -0.4 is 21.4 Å². The molecule has 20 heteroatoms. The lowest BCUT2D eigenvalue weighted by Crippen LogP contribution is -2.36. The summed E-state index contributed by atoms with van der Waals surface area (Å²) in [4.78, 5) is 31.0. The first-order valence-corrected chi connectivity index (χ1v) is 23.3. The number of benzene rings is 2. The number of hydrogen-bond acceptors (Lipinski definition) is 15.